The van der Waals surface area contributed by atoms with Crippen molar-refractivity contribution in [2.75, 3.05) is 13.7 Å². The van der Waals surface area contributed by atoms with Gasteiger partial charge in [0, 0.05) is 19.0 Å². The van der Waals surface area contributed by atoms with Crippen molar-refractivity contribution in [2.45, 2.75) is 45.8 Å². The Kier molecular flexibility index (Phi) is 6.12. The van der Waals surface area contributed by atoms with Crippen LogP contribution in [0.25, 0.3) is 6.08 Å². The number of carbonyl (C=O) groups excluding carboxylic acids is 2. The van der Waals surface area contributed by atoms with Crippen LogP contribution in [0.15, 0.2) is 23.7 Å². The molecule has 1 aromatic rings. The molecule has 1 saturated heterocycles. The van der Waals surface area contributed by atoms with Crippen molar-refractivity contribution in [2.24, 2.45) is 0 Å². The first-order valence-electron chi connectivity index (χ1n) is 8.65. The third-order valence-electron chi connectivity index (χ3n) is 4.86. The summed E-state index contributed by atoms with van der Waals surface area (Å²) in [5.41, 5.74) is -0.241. The maximum atomic E-state index is 14.3. The van der Waals surface area contributed by atoms with Gasteiger partial charge in [-0.1, -0.05) is 6.08 Å². The normalized spacial score (nSPS) is 18.3. The molecule has 2 rings (SSSR count). The van der Waals surface area contributed by atoms with Gasteiger partial charge >= 0.3 is 13.1 Å². The van der Waals surface area contributed by atoms with E-state index in [2.05, 4.69) is 10.1 Å². The fourth-order valence-electron chi connectivity index (χ4n) is 2.52. The van der Waals surface area contributed by atoms with Crippen LogP contribution < -0.4 is 5.32 Å². The summed E-state index contributed by atoms with van der Waals surface area (Å²) in [6.07, 6.45) is 1.53. The number of hydrogen-bond donors (Lipinski definition) is 1. The number of halogens is 1. The van der Waals surface area contributed by atoms with E-state index in [0.717, 1.165) is 0 Å². The van der Waals surface area contributed by atoms with Gasteiger partial charge in [-0.15, -0.1) is 0 Å². The summed E-state index contributed by atoms with van der Waals surface area (Å²) in [6, 6.07) is 3.93. The molecule has 146 valence electrons. The molecule has 1 fully saturated rings. The highest BCUT2D eigenvalue weighted by Gasteiger charge is 2.52. The molecule has 0 bridgehead atoms. The minimum Gasteiger partial charge on any atom is -0.465 e. The van der Waals surface area contributed by atoms with Crippen LogP contribution in [-0.2, 0) is 18.8 Å². The molecule has 8 heteroatoms. The smallest absolute Gasteiger partial charge is 0.465 e. The Morgan fingerprint density at radius 2 is 1.81 bits per heavy atom. The summed E-state index contributed by atoms with van der Waals surface area (Å²) in [7, 11) is 0.497. The van der Waals surface area contributed by atoms with Crippen LogP contribution in [-0.4, -0.2) is 43.9 Å². The van der Waals surface area contributed by atoms with E-state index >= 15 is 0 Å². The Balaban J connectivity index is 2.43. The van der Waals surface area contributed by atoms with Gasteiger partial charge in [0.2, 0.25) is 5.91 Å². The molecule has 0 unspecified atom stereocenters. The van der Waals surface area contributed by atoms with Crippen LogP contribution >= 0.6 is 0 Å². The van der Waals surface area contributed by atoms with E-state index in [1.54, 1.807) is 0 Å². The molecule has 0 radical (unpaired) electrons. The van der Waals surface area contributed by atoms with E-state index in [-0.39, 0.29) is 23.6 Å². The third-order valence-corrected chi connectivity index (χ3v) is 4.86. The Morgan fingerprint density at radius 1 is 1.22 bits per heavy atom. The summed E-state index contributed by atoms with van der Waals surface area (Å²) < 4.78 is 31.0. The molecule has 1 aliphatic rings. The van der Waals surface area contributed by atoms with E-state index in [9.17, 15) is 14.0 Å². The van der Waals surface area contributed by atoms with Gasteiger partial charge in [0.15, 0.2) is 0 Å². The number of carbonyl (C=O) groups is 2. The highest BCUT2D eigenvalue weighted by Crippen LogP contribution is 2.38. The molecule has 1 aromatic carbocycles. The molecule has 0 saturated carbocycles. The molecule has 1 amide bonds. The highest BCUT2D eigenvalue weighted by molar-refractivity contribution is 6.56. The number of amides is 1. The van der Waals surface area contributed by atoms with Gasteiger partial charge < -0.3 is 19.4 Å². The number of nitrogens with one attached hydrogen (secondary N) is 1. The molecule has 1 heterocycles. The van der Waals surface area contributed by atoms with Crippen LogP contribution in [0.3, 0.4) is 0 Å². The van der Waals surface area contributed by atoms with Crippen LogP contribution in [0.5, 0.6) is 0 Å². The molecule has 0 atom stereocenters. The SMILES string of the molecule is COC(=O)c1ccc(F)c(C=C(CNC(C)=O)B2OC(C)(C)C(C)(C)O2)c1. The van der Waals surface area contributed by atoms with Crippen LogP contribution in [0.2, 0.25) is 0 Å². The van der Waals surface area contributed by atoms with Crippen LogP contribution in [0.4, 0.5) is 4.39 Å². The van der Waals surface area contributed by atoms with Crippen molar-refractivity contribution in [1.82, 2.24) is 5.32 Å². The van der Waals surface area contributed by atoms with Gasteiger partial charge in [0.25, 0.3) is 0 Å². The van der Waals surface area contributed by atoms with Gasteiger partial charge in [-0.25, -0.2) is 9.18 Å². The van der Waals surface area contributed by atoms with Gasteiger partial charge in [0.05, 0.1) is 23.9 Å². The maximum Gasteiger partial charge on any atom is 0.492 e. The Morgan fingerprint density at radius 3 is 2.33 bits per heavy atom. The van der Waals surface area contributed by atoms with Crippen molar-refractivity contribution in [3.8, 4) is 0 Å². The monoisotopic (exact) mass is 377 g/mol. The molecule has 27 heavy (non-hydrogen) atoms. The van der Waals surface area contributed by atoms with E-state index in [0.29, 0.717) is 5.47 Å². The number of benzene rings is 1. The van der Waals surface area contributed by atoms with Crippen molar-refractivity contribution in [3.05, 3.63) is 40.6 Å². The van der Waals surface area contributed by atoms with E-state index in [1.165, 1.54) is 38.3 Å². The number of hydrogen-bond acceptors (Lipinski definition) is 5. The second-order valence-electron chi connectivity index (χ2n) is 7.45. The summed E-state index contributed by atoms with van der Waals surface area (Å²) in [5, 5.41) is 2.68. The molecule has 6 nitrogen and oxygen atoms in total. The lowest BCUT2D eigenvalue weighted by Crippen LogP contribution is -2.41. The zero-order valence-electron chi connectivity index (χ0n) is 16.5. The Bertz CT molecular complexity index is 759. The average Bonchev–Trinajstić information content (AvgIpc) is 2.79. The first-order valence-corrected chi connectivity index (χ1v) is 8.65. The second-order valence-corrected chi connectivity index (χ2v) is 7.45. The summed E-state index contributed by atoms with van der Waals surface area (Å²) >= 11 is 0. The number of rotatable bonds is 5. The van der Waals surface area contributed by atoms with Gasteiger partial charge in [0.1, 0.15) is 5.82 Å². The lowest BCUT2D eigenvalue weighted by Gasteiger charge is -2.32. The molecular weight excluding hydrogens is 352 g/mol. The maximum absolute atomic E-state index is 14.3. The van der Waals surface area contributed by atoms with Crippen molar-refractivity contribution >= 4 is 25.1 Å². The van der Waals surface area contributed by atoms with Crippen molar-refractivity contribution < 1.29 is 28.0 Å². The average molecular weight is 377 g/mol. The number of methoxy groups -OCH3 is 1. The van der Waals surface area contributed by atoms with Crippen molar-refractivity contribution in [3.63, 3.8) is 0 Å². The Labute approximate surface area is 159 Å². The summed E-state index contributed by atoms with van der Waals surface area (Å²) in [6.45, 7) is 9.13. The van der Waals surface area contributed by atoms with E-state index < -0.39 is 30.1 Å². The first-order chi connectivity index (χ1) is 12.5. The first kappa shape index (κ1) is 21.1. The van der Waals surface area contributed by atoms with E-state index in [1.807, 2.05) is 27.7 Å². The number of esters is 1. The summed E-state index contributed by atoms with van der Waals surface area (Å²) in [5.74, 6) is -1.32. The van der Waals surface area contributed by atoms with E-state index in [4.69, 9.17) is 9.31 Å². The van der Waals surface area contributed by atoms with Gasteiger partial charge in [-0.2, -0.15) is 0 Å². The standard InChI is InChI=1S/C19H25BFNO5/c1-12(23)22-11-15(20-26-18(2,3)19(4,5)27-20)10-14-9-13(17(24)25-6)7-8-16(14)21/h7-10H,11H2,1-6H3,(H,22,23). The topological polar surface area (TPSA) is 73.9 Å². The largest absolute Gasteiger partial charge is 0.492 e. The van der Waals surface area contributed by atoms with Crippen molar-refractivity contribution in [1.29, 1.82) is 0 Å². The molecule has 0 spiro atoms. The van der Waals surface area contributed by atoms with Crippen LogP contribution in [0, 0.1) is 5.82 Å². The highest BCUT2D eigenvalue weighted by atomic mass is 19.1. The summed E-state index contributed by atoms with van der Waals surface area (Å²) in [4.78, 5) is 23.1. The Hall–Kier alpha value is -2.19. The van der Waals surface area contributed by atoms with Gasteiger partial charge in [-0.05, 0) is 51.4 Å². The predicted octanol–water partition coefficient (Wildman–Crippen LogP) is 2.76. The molecule has 0 aromatic heterocycles. The zero-order chi connectivity index (χ0) is 20.4. The zero-order valence-corrected chi connectivity index (χ0v) is 16.5. The third kappa shape index (κ3) is 4.76. The predicted molar refractivity (Wildman–Crippen MR) is 100 cm³/mol. The molecule has 0 aliphatic carbocycles. The lowest BCUT2D eigenvalue weighted by molar-refractivity contribution is -0.118. The quantitative estimate of drug-likeness (QED) is 0.631. The number of ether oxygens (including phenoxy) is 1. The van der Waals surface area contributed by atoms with Crippen LogP contribution in [0.1, 0.15) is 50.5 Å². The lowest BCUT2D eigenvalue weighted by atomic mass is 9.76. The fraction of sp³-hybridized carbons (Fsp3) is 0.474. The molecule has 1 aliphatic heterocycles. The minimum atomic E-state index is -0.761. The molecular formula is C19H25BFNO5. The minimum absolute atomic E-state index is 0.119. The fourth-order valence-corrected chi connectivity index (χ4v) is 2.52. The second kappa shape index (κ2) is 7.82. The molecule has 1 N–H and O–H groups in total. The van der Waals surface area contributed by atoms with Gasteiger partial charge in [-0.3, -0.25) is 4.79 Å².